The Kier molecular flexibility index (Phi) is 5.08. The molecule has 0 radical (unpaired) electrons. The van der Waals surface area contributed by atoms with Crippen LogP contribution in [0.5, 0.6) is 0 Å². The van der Waals surface area contributed by atoms with Crippen LogP contribution in [0.15, 0.2) is 30.3 Å². The number of carbonyl (C=O) groups is 1. The number of nitrogens with one attached hydrogen (secondary N) is 1. The Hall–Kier alpha value is -2.43. The van der Waals surface area contributed by atoms with Crippen molar-refractivity contribution in [1.29, 1.82) is 0 Å². The van der Waals surface area contributed by atoms with Crippen molar-refractivity contribution in [3.05, 3.63) is 47.2 Å². The molecule has 1 aromatic heterocycles. The average Bonchev–Trinajstić information content (AvgIpc) is 2.87. The summed E-state index contributed by atoms with van der Waals surface area (Å²) in [6.45, 7) is 5.75. The lowest BCUT2D eigenvalue weighted by atomic mass is 10.1. The van der Waals surface area contributed by atoms with E-state index in [4.69, 9.17) is 0 Å². The fourth-order valence-electron chi connectivity index (χ4n) is 2.96. The molecule has 3 rings (SSSR count). The van der Waals surface area contributed by atoms with Gasteiger partial charge < -0.3 is 10.2 Å². The van der Waals surface area contributed by atoms with E-state index in [0.29, 0.717) is 11.5 Å². The first kappa shape index (κ1) is 16.4. The summed E-state index contributed by atoms with van der Waals surface area (Å²) in [7, 11) is 0. The number of benzene rings is 1. The van der Waals surface area contributed by atoms with E-state index in [1.54, 1.807) is 6.07 Å². The number of carbonyl (C=O) groups excluding carboxylic acids is 1. The molecule has 0 unspecified atom stereocenters. The number of nitrogens with zero attached hydrogens (tertiary/aromatic N) is 3. The Balaban J connectivity index is 1.70. The summed E-state index contributed by atoms with van der Waals surface area (Å²) < 4.78 is 0. The molecule has 5 heteroatoms. The molecule has 1 N–H and O–H groups in total. The molecule has 1 amide bonds. The molecular weight excluding hydrogens is 300 g/mol. The van der Waals surface area contributed by atoms with Gasteiger partial charge in [-0.1, -0.05) is 25.0 Å². The Morgan fingerprint density at radius 3 is 2.42 bits per heavy atom. The summed E-state index contributed by atoms with van der Waals surface area (Å²) in [5.74, 6) is 0.638. The van der Waals surface area contributed by atoms with Crippen molar-refractivity contribution in [3.8, 4) is 0 Å². The maximum Gasteiger partial charge on any atom is 0.274 e. The Morgan fingerprint density at radius 2 is 1.75 bits per heavy atom. The maximum absolute atomic E-state index is 12.5. The predicted octanol–water partition coefficient (Wildman–Crippen LogP) is 3.85. The third kappa shape index (κ3) is 3.91. The zero-order valence-corrected chi connectivity index (χ0v) is 14.4. The standard InChI is InChI=1S/C19H24N4O/c1-14-7-8-15(2)17(13-14)20-18-10-9-16(21-22-18)19(24)23-11-5-3-4-6-12-23/h7-10,13H,3-6,11-12H2,1-2H3,(H,20,22). The first-order chi connectivity index (χ1) is 11.6. The zero-order valence-electron chi connectivity index (χ0n) is 14.4. The third-order valence-corrected chi connectivity index (χ3v) is 4.43. The number of rotatable bonds is 3. The molecule has 2 aromatic rings. The van der Waals surface area contributed by atoms with Gasteiger partial charge in [0.25, 0.3) is 5.91 Å². The van der Waals surface area contributed by atoms with Gasteiger partial charge in [0.15, 0.2) is 11.5 Å². The van der Waals surface area contributed by atoms with Crippen LogP contribution in [-0.2, 0) is 0 Å². The number of amides is 1. The van der Waals surface area contributed by atoms with Crippen molar-refractivity contribution in [2.45, 2.75) is 39.5 Å². The van der Waals surface area contributed by atoms with E-state index in [1.165, 1.54) is 18.4 Å². The van der Waals surface area contributed by atoms with Gasteiger partial charge in [-0.2, -0.15) is 0 Å². The van der Waals surface area contributed by atoms with Gasteiger partial charge >= 0.3 is 0 Å². The summed E-state index contributed by atoms with van der Waals surface area (Å²) in [5, 5.41) is 11.6. The summed E-state index contributed by atoms with van der Waals surface area (Å²) >= 11 is 0. The van der Waals surface area contributed by atoms with Crippen LogP contribution in [-0.4, -0.2) is 34.1 Å². The van der Waals surface area contributed by atoms with Crippen molar-refractivity contribution in [3.63, 3.8) is 0 Å². The van der Waals surface area contributed by atoms with Crippen molar-refractivity contribution < 1.29 is 4.79 Å². The fourth-order valence-corrected chi connectivity index (χ4v) is 2.96. The van der Waals surface area contributed by atoms with E-state index in [2.05, 4.69) is 40.6 Å². The van der Waals surface area contributed by atoms with Crippen LogP contribution in [0.2, 0.25) is 0 Å². The van der Waals surface area contributed by atoms with Gasteiger partial charge in [0, 0.05) is 18.8 Å². The molecule has 1 fully saturated rings. The number of likely N-dealkylation sites (tertiary alicyclic amines) is 1. The van der Waals surface area contributed by atoms with Crippen LogP contribution in [0.3, 0.4) is 0 Å². The van der Waals surface area contributed by atoms with Gasteiger partial charge in [0.2, 0.25) is 0 Å². The van der Waals surface area contributed by atoms with E-state index in [-0.39, 0.29) is 5.91 Å². The minimum absolute atomic E-state index is 0.0114. The van der Waals surface area contributed by atoms with E-state index in [9.17, 15) is 4.79 Å². The molecule has 0 aliphatic carbocycles. The normalized spacial score (nSPS) is 15.0. The van der Waals surface area contributed by atoms with E-state index in [1.807, 2.05) is 17.9 Å². The lowest BCUT2D eigenvalue weighted by Gasteiger charge is -2.19. The van der Waals surface area contributed by atoms with Crippen LogP contribution < -0.4 is 5.32 Å². The van der Waals surface area contributed by atoms with Gasteiger partial charge in [0.1, 0.15) is 0 Å². The smallest absolute Gasteiger partial charge is 0.274 e. The predicted molar refractivity (Wildman–Crippen MR) is 95.6 cm³/mol. The molecule has 1 aliphatic rings. The van der Waals surface area contributed by atoms with Crippen molar-refractivity contribution in [1.82, 2.24) is 15.1 Å². The highest BCUT2D eigenvalue weighted by Gasteiger charge is 2.18. The topological polar surface area (TPSA) is 58.1 Å². The number of hydrogen-bond donors (Lipinski definition) is 1. The lowest BCUT2D eigenvalue weighted by Crippen LogP contribution is -2.32. The maximum atomic E-state index is 12.5. The minimum atomic E-state index is -0.0114. The minimum Gasteiger partial charge on any atom is -0.339 e. The highest BCUT2D eigenvalue weighted by atomic mass is 16.2. The molecule has 24 heavy (non-hydrogen) atoms. The largest absolute Gasteiger partial charge is 0.339 e. The molecule has 1 aliphatic heterocycles. The Labute approximate surface area is 143 Å². The van der Waals surface area contributed by atoms with Crippen molar-refractivity contribution in [2.24, 2.45) is 0 Å². The van der Waals surface area contributed by atoms with E-state index in [0.717, 1.165) is 37.2 Å². The van der Waals surface area contributed by atoms with Crippen molar-refractivity contribution in [2.75, 3.05) is 18.4 Å². The summed E-state index contributed by atoms with van der Waals surface area (Å²) in [5.41, 5.74) is 3.76. The lowest BCUT2D eigenvalue weighted by molar-refractivity contribution is 0.0754. The number of aromatic nitrogens is 2. The molecule has 126 valence electrons. The third-order valence-electron chi connectivity index (χ3n) is 4.43. The van der Waals surface area contributed by atoms with Gasteiger partial charge in [-0.3, -0.25) is 4.79 Å². The molecular formula is C19H24N4O. The van der Waals surface area contributed by atoms with Crippen LogP contribution >= 0.6 is 0 Å². The summed E-state index contributed by atoms with van der Waals surface area (Å²) in [6, 6.07) is 9.80. The first-order valence-electron chi connectivity index (χ1n) is 8.61. The summed E-state index contributed by atoms with van der Waals surface area (Å²) in [6.07, 6.45) is 4.55. The average molecular weight is 324 g/mol. The number of hydrogen-bond acceptors (Lipinski definition) is 4. The molecule has 0 spiro atoms. The number of aryl methyl sites for hydroxylation is 2. The van der Waals surface area contributed by atoms with Crippen LogP contribution in [0.1, 0.15) is 47.3 Å². The Bertz CT molecular complexity index is 704. The second-order valence-electron chi connectivity index (χ2n) is 6.45. The molecule has 1 saturated heterocycles. The summed E-state index contributed by atoms with van der Waals surface area (Å²) in [4.78, 5) is 14.4. The van der Waals surface area contributed by atoms with Gasteiger partial charge in [-0.25, -0.2) is 0 Å². The monoisotopic (exact) mass is 324 g/mol. The highest BCUT2D eigenvalue weighted by Crippen LogP contribution is 2.20. The highest BCUT2D eigenvalue weighted by molar-refractivity contribution is 5.92. The zero-order chi connectivity index (χ0) is 16.9. The molecule has 5 nitrogen and oxygen atoms in total. The molecule has 0 saturated carbocycles. The Morgan fingerprint density at radius 1 is 1.00 bits per heavy atom. The van der Waals surface area contributed by atoms with Gasteiger partial charge in [-0.05, 0) is 56.0 Å². The van der Waals surface area contributed by atoms with Gasteiger partial charge in [-0.15, -0.1) is 10.2 Å². The molecule has 2 heterocycles. The van der Waals surface area contributed by atoms with E-state index >= 15 is 0 Å². The number of anilines is 2. The SMILES string of the molecule is Cc1ccc(C)c(Nc2ccc(C(=O)N3CCCCCC3)nn2)c1. The molecule has 1 aromatic carbocycles. The first-order valence-corrected chi connectivity index (χ1v) is 8.61. The second kappa shape index (κ2) is 7.43. The molecule has 0 atom stereocenters. The fraction of sp³-hybridized carbons (Fsp3) is 0.421. The van der Waals surface area contributed by atoms with Crippen LogP contribution in [0.25, 0.3) is 0 Å². The van der Waals surface area contributed by atoms with Crippen molar-refractivity contribution >= 4 is 17.4 Å². The second-order valence-corrected chi connectivity index (χ2v) is 6.45. The molecule has 0 bridgehead atoms. The quantitative estimate of drug-likeness (QED) is 0.931. The van der Waals surface area contributed by atoms with Gasteiger partial charge in [0.05, 0.1) is 0 Å². The van der Waals surface area contributed by atoms with Crippen LogP contribution in [0.4, 0.5) is 11.5 Å². The van der Waals surface area contributed by atoms with E-state index < -0.39 is 0 Å². The van der Waals surface area contributed by atoms with Crippen LogP contribution in [0, 0.1) is 13.8 Å².